The van der Waals surface area contributed by atoms with Crippen LogP contribution in [0.1, 0.15) is 6.92 Å². The number of likely N-dealkylation sites (N-methyl/N-ethyl adjacent to an activating group) is 1. The van der Waals surface area contributed by atoms with Crippen molar-refractivity contribution < 1.29 is 14.4 Å². The standard InChI is InChI=1S/C13H24N4O3/c1-10(18)17-6-5-16(9-12(19)14-2)7-11(8-17)13(20)15(3)4/h11H,5-9H2,1-4H3,(H,14,19)/t11-/m1/s1. The highest BCUT2D eigenvalue weighted by atomic mass is 16.2. The van der Waals surface area contributed by atoms with E-state index < -0.39 is 0 Å². The minimum atomic E-state index is -0.291. The van der Waals surface area contributed by atoms with Crippen molar-refractivity contribution in [3.05, 3.63) is 0 Å². The molecule has 1 atom stereocenters. The van der Waals surface area contributed by atoms with E-state index in [1.54, 1.807) is 26.0 Å². The number of nitrogens with zero attached hydrogens (tertiary/aromatic N) is 3. The van der Waals surface area contributed by atoms with Crippen LogP contribution in [-0.2, 0) is 14.4 Å². The molecular formula is C13H24N4O3. The van der Waals surface area contributed by atoms with Gasteiger partial charge in [0.05, 0.1) is 12.5 Å². The molecule has 0 unspecified atom stereocenters. The molecule has 114 valence electrons. The summed E-state index contributed by atoms with van der Waals surface area (Å²) < 4.78 is 0. The van der Waals surface area contributed by atoms with Crippen molar-refractivity contribution in [2.24, 2.45) is 5.92 Å². The van der Waals surface area contributed by atoms with Crippen molar-refractivity contribution in [3.63, 3.8) is 0 Å². The van der Waals surface area contributed by atoms with E-state index in [2.05, 4.69) is 5.32 Å². The highest BCUT2D eigenvalue weighted by molar-refractivity contribution is 5.81. The molecule has 3 amide bonds. The molecule has 1 saturated heterocycles. The Bertz CT molecular complexity index is 384. The van der Waals surface area contributed by atoms with Crippen LogP contribution >= 0.6 is 0 Å². The van der Waals surface area contributed by atoms with Crippen LogP contribution in [0.25, 0.3) is 0 Å². The van der Waals surface area contributed by atoms with E-state index in [1.165, 1.54) is 11.8 Å². The Hall–Kier alpha value is -1.63. The van der Waals surface area contributed by atoms with Gasteiger partial charge in [-0.1, -0.05) is 0 Å². The molecule has 0 aromatic carbocycles. The number of nitrogens with one attached hydrogen (secondary N) is 1. The van der Waals surface area contributed by atoms with E-state index in [-0.39, 0.29) is 30.2 Å². The molecule has 20 heavy (non-hydrogen) atoms. The lowest BCUT2D eigenvalue weighted by Crippen LogP contribution is -2.43. The number of carbonyl (C=O) groups is 3. The minimum absolute atomic E-state index is 0.0138. The summed E-state index contributed by atoms with van der Waals surface area (Å²) in [5.41, 5.74) is 0. The van der Waals surface area contributed by atoms with Crippen molar-refractivity contribution in [2.75, 3.05) is 53.9 Å². The monoisotopic (exact) mass is 284 g/mol. The van der Waals surface area contributed by atoms with Gasteiger partial charge in [0.25, 0.3) is 0 Å². The van der Waals surface area contributed by atoms with Crippen LogP contribution in [0.15, 0.2) is 0 Å². The van der Waals surface area contributed by atoms with Crippen LogP contribution in [0.2, 0.25) is 0 Å². The molecule has 1 heterocycles. The SMILES string of the molecule is CNC(=O)CN1CCN(C(C)=O)C[C@H](C(=O)N(C)C)C1. The lowest BCUT2D eigenvalue weighted by molar-refractivity contribution is -0.136. The van der Waals surface area contributed by atoms with Crippen molar-refractivity contribution in [2.45, 2.75) is 6.92 Å². The van der Waals surface area contributed by atoms with Crippen molar-refractivity contribution >= 4 is 17.7 Å². The normalized spacial score (nSPS) is 20.2. The van der Waals surface area contributed by atoms with E-state index in [0.717, 1.165) is 0 Å². The zero-order valence-corrected chi connectivity index (χ0v) is 12.7. The van der Waals surface area contributed by atoms with Gasteiger partial charge in [0, 0.05) is 54.2 Å². The third kappa shape index (κ3) is 4.48. The van der Waals surface area contributed by atoms with Crippen LogP contribution in [0, 0.1) is 5.92 Å². The quantitative estimate of drug-likeness (QED) is 0.692. The molecule has 1 rings (SSSR count). The Morgan fingerprint density at radius 1 is 1.20 bits per heavy atom. The third-order valence-electron chi connectivity index (χ3n) is 3.49. The molecule has 7 heteroatoms. The Kier molecular flexibility index (Phi) is 5.94. The number of rotatable bonds is 3. The highest BCUT2D eigenvalue weighted by Gasteiger charge is 2.30. The first-order valence-electron chi connectivity index (χ1n) is 6.74. The summed E-state index contributed by atoms with van der Waals surface area (Å²) in [5, 5.41) is 2.58. The van der Waals surface area contributed by atoms with E-state index in [0.29, 0.717) is 26.2 Å². The fourth-order valence-electron chi connectivity index (χ4n) is 2.31. The van der Waals surface area contributed by atoms with Gasteiger partial charge in [-0.3, -0.25) is 19.3 Å². The summed E-state index contributed by atoms with van der Waals surface area (Å²) in [6.07, 6.45) is 0. The highest BCUT2D eigenvalue weighted by Crippen LogP contribution is 2.12. The van der Waals surface area contributed by atoms with Crippen LogP contribution in [0.4, 0.5) is 0 Å². The average molecular weight is 284 g/mol. The lowest BCUT2D eigenvalue weighted by atomic mass is 10.1. The first-order chi connectivity index (χ1) is 9.35. The van der Waals surface area contributed by atoms with Gasteiger partial charge in [0.1, 0.15) is 0 Å². The van der Waals surface area contributed by atoms with Gasteiger partial charge in [-0.25, -0.2) is 0 Å². The molecule has 0 aromatic heterocycles. The summed E-state index contributed by atoms with van der Waals surface area (Å²) in [4.78, 5) is 40.4. The molecule has 0 spiro atoms. The first kappa shape index (κ1) is 16.4. The Balaban J connectivity index is 2.81. The zero-order valence-electron chi connectivity index (χ0n) is 12.7. The van der Waals surface area contributed by atoms with Crippen LogP contribution in [-0.4, -0.2) is 86.3 Å². The first-order valence-corrected chi connectivity index (χ1v) is 6.74. The maximum atomic E-state index is 12.2. The summed E-state index contributed by atoms with van der Waals surface area (Å²) >= 11 is 0. The number of amides is 3. The fraction of sp³-hybridized carbons (Fsp3) is 0.769. The summed E-state index contributed by atoms with van der Waals surface area (Å²) in [7, 11) is 4.99. The Labute approximate surface area is 119 Å². The minimum Gasteiger partial charge on any atom is -0.358 e. The largest absolute Gasteiger partial charge is 0.358 e. The summed E-state index contributed by atoms with van der Waals surface area (Å²) in [6, 6.07) is 0. The molecule has 7 nitrogen and oxygen atoms in total. The third-order valence-corrected chi connectivity index (χ3v) is 3.49. The van der Waals surface area contributed by atoms with Crippen LogP contribution < -0.4 is 5.32 Å². The Morgan fingerprint density at radius 2 is 1.85 bits per heavy atom. The second kappa shape index (κ2) is 7.23. The van der Waals surface area contributed by atoms with Crippen LogP contribution in [0.3, 0.4) is 0 Å². The number of carbonyl (C=O) groups excluding carboxylic acids is 3. The molecule has 1 N–H and O–H groups in total. The predicted molar refractivity (Wildman–Crippen MR) is 74.9 cm³/mol. The average Bonchev–Trinajstić information content (AvgIpc) is 2.60. The predicted octanol–water partition coefficient (Wildman–Crippen LogP) is -1.40. The van der Waals surface area contributed by atoms with Gasteiger partial charge in [-0.2, -0.15) is 0 Å². The lowest BCUT2D eigenvalue weighted by Gasteiger charge is -2.25. The van der Waals surface area contributed by atoms with E-state index >= 15 is 0 Å². The zero-order chi connectivity index (χ0) is 15.3. The van der Waals surface area contributed by atoms with E-state index in [4.69, 9.17) is 0 Å². The van der Waals surface area contributed by atoms with Gasteiger partial charge >= 0.3 is 0 Å². The van der Waals surface area contributed by atoms with Crippen molar-refractivity contribution in [1.29, 1.82) is 0 Å². The maximum absolute atomic E-state index is 12.2. The van der Waals surface area contributed by atoms with Gasteiger partial charge in [-0.15, -0.1) is 0 Å². The molecule has 1 aliphatic heterocycles. The van der Waals surface area contributed by atoms with E-state index in [1.807, 2.05) is 4.90 Å². The second-order valence-electron chi connectivity index (χ2n) is 5.30. The molecular weight excluding hydrogens is 260 g/mol. The smallest absolute Gasteiger partial charge is 0.233 e. The van der Waals surface area contributed by atoms with Gasteiger partial charge < -0.3 is 15.1 Å². The molecule has 0 aromatic rings. The van der Waals surface area contributed by atoms with Gasteiger partial charge in [0.2, 0.25) is 17.7 Å². The van der Waals surface area contributed by atoms with E-state index in [9.17, 15) is 14.4 Å². The molecule has 0 radical (unpaired) electrons. The van der Waals surface area contributed by atoms with Gasteiger partial charge in [0.15, 0.2) is 0 Å². The molecule has 1 fully saturated rings. The maximum Gasteiger partial charge on any atom is 0.233 e. The topological polar surface area (TPSA) is 73.0 Å². The van der Waals surface area contributed by atoms with Gasteiger partial charge in [-0.05, 0) is 0 Å². The molecule has 0 aliphatic carbocycles. The summed E-state index contributed by atoms with van der Waals surface area (Å²) in [6.45, 7) is 3.81. The van der Waals surface area contributed by atoms with Crippen molar-refractivity contribution in [3.8, 4) is 0 Å². The Morgan fingerprint density at radius 3 is 2.35 bits per heavy atom. The van der Waals surface area contributed by atoms with Crippen molar-refractivity contribution in [1.82, 2.24) is 20.0 Å². The van der Waals surface area contributed by atoms with Crippen LogP contribution in [0.5, 0.6) is 0 Å². The fourth-order valence-corrected chi connectivity index (χ4v) is 2.31. The molecule has 0 saturated carbocycles. The number of hydrogen-bond donors (Lipinski definition) is 1. The molecule has 0 bridgehead atoms. The summed E-state index contributed by atoms with van der Waals surface area (Å²) in [5.74, 6) is -0.429. The second-order valence-corrected chi connectivity index (χ2v) is 5.30. The number of hydrogen-bond acceptors (Lipinski definition) is 4. The molecule has 1 aliphatic rings.